The van der Waals surface area contributed by atoms with Crippen LogP contribution >= 0.6 is 15.9 Å². The van der Waals surface area contributed by atoms with Crippen LogP contribution in [0.15, 0.2) is 53.0 Å². The van der Waals surface area contributed by atoms with Crippen LogP contribution in [0.25, 0.3) is 6.08 Å². The summed E-state index contributed by atoms with van der Waals surface area (Å²) in [7, 11) is 3.32. The van der Waals surface area contributed by atoms with Crippen molar-refractivity contribution in [2.75, 3.05) is 20.7 Å². The molecule has 0 radical (unpaired) electrons. The fourth-order valence-electron chi connectivity index (χ4n) is 1.88. The number of aromatic hydroxyl groups is 1. The molecule has 5 nitrogen and oxygen atoms in total. The number of hydrogen-bond acceptors (Lipinski definition) is 4. The van der Waals surface area contributed by atoms with Gasteiger partial charge in [0, 0.05) is 19.7 Å². The van der Waals surface area contributed by atoms with Crippen LogP contribution < -0.4 is 4.74 Å². The van der Waals surface area contributed by atoms with Crippen molar-refractivity contribution in [3.05, 3.63) is 64.1 Å². The van der Waals surface area contributed by atoms with Crippen molar-refractivity contribution in [3.8, 4) is 11.5 Å². The Bertz CT molecular complexity index is 798. The predicted molar refractivity (Wildman–Crippen MR) is 99.8 cm³/mol. The molecular weight excluding hydrogens is 386 g/mol. The summed E-state index contributed by atoms with van der Waals surface area (Å²) in [5.74, 6) is 0.383. The first-order valence-electron chi connectivity index (χ1n) is 7.51. The van der Waals surface area contributed by atoms with Gasteiger partial charge in [-0.2, -0.15) is 0 Å². The summed E-state index contributed by atoms with van der Waals surface area (Å²) in [4.78, 5) is 25.1. The highest BCUT2D eigenvalue weighted by molar-refractivity contribution is 9.10. The number of allylic oxidation sites excluding steroid dienone is 1. The van der Waals surface area contributed by atoms with E-state index in [1.807, 2.05) is 0 Å². The number of carbonyl (C=O) groups is 2. The molecule has 0 aliphatic heterocycles. The maximum absolute atomic E-state index is 12.2. The third-order valence-electron chi connectivity index (χ3n) is 3.40. The lowest BCUT2D eigenvalue weighted by molar-refractivity contribution is -0.130. The second-order valence-electron chi connectivity index (χ2n) is 5.51. The van der Waals surface area contributed by atoms with E-state index in [1.165, 1.54) is 11.0 Å². The molecule has 2 rings (SSSR count). The Hall–Kier alpha value is -2.60. The molecule has 6 heteroatoms. The average molecular weight is 404 g/mol. The molecule has 0 spiro atoms. The van der Waals surface area contributed by atoms with Gasteiger partial charge in [0.05, 0.1) is 4.47 Å². The fourth-order valence-corrected chi connectivity index (χ4v) is 2.28. The van der Waals surface area contributed by atoms with E-state index in [9.17, 15) is 14.7 Å². The molecule has 1 amide bonds. The Morgan fingerprint density at radius 2 is 1.84 bits per heavy atom. The van der Waals surface area contributed by atoms with Gasteiger partial charge in [-0.15, -0.1) is 0 Å². The lowest BCUT2D eigenvalue weighted by Gasteiger charge is -2.11. The molecule has 0 aromatic heterocycles. The first-order valence-corrected chi connectivity index (χ1v) is 8.30. The summed E-state index contributed by atoms with van der Waals surface area (Å²) in [6.07, 6.45) is 3.14. The van der Waals surface area contributed by atoms with Crippen LogP contribution in [0.5, 0.6) is 11.5 Å². The number of hydrogen-bond donors (Lipinski definition) is 1. The van der Waals surface area contributed by atoms with Crippen LogP contribution in [-0.4, -0.2) is 42.4 Å². The Morgan fingerprint density at radius 3 is 2.44 bits per heavy atom. The summed E-state index contributed by atoms with van der Waals surface area (Å²) < 4.78 is 5.93. The van der Waals surface area contributed by atoms with Gasteiger partial charge in [0.15, 0.2) is 12.4 Å². The zero-order valence-corrected chi connectivity index (χ0v) is 15.5. The highest BCUT2D eigenvalue weighted by Crippen LogP contribution is 2.24. The molecule has 0 unspecified atom stereocenters. The number of amides is 1. The molecule has 0 saturated heterocycles. The zero-order valence-electron chi connectivity index (χ0n) is 13.9. The molecule has 0 saturated carbocycles. The van der Waals surface area contributed by atoms with Crippen LogP contribution in [0.3, 0.4) is 0 Å². The largest absolute Gasteiger partial charge is 0.507 e. The van der Waals surface area contributed by atoms with Gasteiger partial charge in [0.25, 0.3) is 5.91 Å². The zero-order chi connectivity index (χ0) is 18.4. The number of ketones is 1. The third-order valence-corrected chi connectivity index (χ3v) is 4.03. The van der Waals surface area contributed by atoms with E-state index in [0.29, 0.717) is 15.8 Å². The molecule has 130 valence electrons. The minimum atomic E-state index is -0.153. The number of nitrogens with zero attached hydrogens (tertiary/aromatic N) is 1. The minimum Gasteiger partial charge on any atom is -0.507 e. The van der Waals surface area contributed by atoms with Crippen LogP contribution in [0, 0.1) is 0 Å². The van der Waals surface area contributed by atoms with Gasteiger partial charge in [-0.1, -0.05) is 12.1 Å². The Morgan fingerprint density at radius 1 is 1.16 bits per heavy atom. The highest BCUT2D eigenvalue weighted by Gasteiger charge is 2.06. The van der Waals surface area contributed by atoms with Crippen molar-refractivity contribution in [1.29, 1.82) is 0 Å². The number of carbonyl (C=O) groups excluding carboxylic acids is 2. The van der Waals surface area contributed by atoms with E-state index in [-0.39, 0.29) is 24.0 Å². The third kappa shape index (κ3) is 5.46. The van der Waals surface area contributed by atoms with Gasteiger partial charge < -0.3 is 14.7 Å². The van der Waals surface area contributed by atoms with Gasteiger partial charge in [-0.25, -0.2) is 0 Å². The fraction of sp³-hybridized carbons (Fsp3) is 0.158. The van der Waals surface area contributed by atoms with Gasteiger partial charge in [-0.3, -0.25) is 9.59 Å². The summed E-state index contributed by atoms with van der Waals surface area (Å²) >= 11 is 3.23. The number of benzene rings is 2. The smallest absolute Gasteiger partial charge is 0.259 e. The summed E-state index contributed by atoms with van der Waals surface area (Å²) in [5.41, 5.74) is 1.31. The molecule has 2 aromatic rings. The number of phenolic OH excluding ortho intramolecular Hbond substituents is 1. The second kappa shape index (κ2) is 8.48. The number of ether oxygens (including phenoxy) is 1. The van der Waals surface area contributed by atoms with Crippen molar-refractivity contribution in [2.24, 2.45) is 0 Å². The SMILES string of the molecule is CN(C)C(=O)COc1ccc(C(=O)C=Cc2ccc(O)c(Br)c2)cc1. The van der Waals surface area contributed by atoms with E-state index in [1.54, 1.807) is 62.6 Å². The number of phenols is 1. The summed E-state index contributed by atoms with van der Waals surface area (Å²) in [6, 6.07) is 11.6. The first kappa shape index (κ1) is 18.7. The second-order valence-corrected chi connectivity index (χ2v) is 6.36. The van der Waals surface area contributed by atoms with Gasteiger partial charge in [0.1, 0.15) is 11.5 Å². The maximum Gasteiger partial charge on any atom is 0.259 e. The molecule has 0 atom stereocenters. The van der Waals surface area contributed by atoms with Gasteiger partial charge in [-0.05, 0) is 64.0 Å². The monoisotopic (exact) mass is 403 g/mol. The van der Waals surface area contributed by atoms with Crippen LogP contribution in [0.2, 0.25) is 0 Å². The molecule has 0 heterocycles. The van der Waals surface area contributed by atoms with Crippen LogP contribution in [-0.2, 0) is 4.79 Å². The van der Waals surface area contributed by atoms with Crippen molar-refractivity contribution >= 4 is 33.7 Å². The Kier molecular flexibility index (Phi) is 6.36. The van der Waals surface area contributed by atoms with Gasteiger partial charge >= 0.3 is 0 Å². The molecular formula is C19H18BrNO4. The van der Waals surface area contributed by atoms with Crippen molar-refractivity contribution in [1.82, 2.24) is 4.90 Å². The topological polar surface area (TPSA) is 66.8 Å². The molecule has 25 heavy (non-hydrogen) atoms. The normalized spacial score (nSPS) is 10.7. The molecule has 0 aliphatic rings. The van der Waals surface area contributed by atoms with E-state index in [4.69, 9.17) is 4.74 Å². The minimum absolute atomic E-state index is 0.0457. The Balaban J connectivity index is 1.98. The standard InChI is InChI=1S/C19H18BrNO4/c1-21(2)19(24)12-25-15-7-5-14(6-8-15)17(22)9-3-13-4-10-18(23)16(20)11-13/h3-11,23H,12H2,1-2H3. The van der Waals surface area contributed by atoms with E-state index in [2.05, 4.69) is 15.9 Å². The maximum atomic E-state index is 12.2. The average Bonchev–Trinajstić information content (AvgIpc) is 2.60. The van der Waals surface area contributed by atoms with Crippen molar-refractivity contribution in [2.45, 2.75) is 0 Å². The summed E-state index contributed by atoms with van der Waals surface area (Å²) in [6.45, 7) is -0.0457. The molecule has 1 N–H and O–H groups in total. The molecule has 0 bridgehead atoms. The highest BCUT2D eigenvalue weighted by atomic mass is 79.9. The lowest BCUT2D eigenvalue weighted by atomic mass is 10.1. The van der Waals surface area contributed by atoms with E-state index < -0.39 is 0 Å². The number of rotatable bonds is 6. The molecule has 0 aliphatic carbocycles. The number of likely N-dealkylation sites (N-methyl/N-ethyl adjacent to an activating group) is 1. The van der Waals surface area contributed by atoms with Crippen LogP contribution in [0.1, 0.15) is 15.9 Å². The first-order chi connectivity index (χ1) is 11.9. The van der Waals surface area contributed by atoms with Gasteiger partial charge in [0.2, 0.25) is 0 Å². The van der Waals surface area contributed by atoms with Crippen LogP contribution in [0.4, 0.5) is 0 Å². The quantitative estimate of drug-likeness (QED) is 0.591. The molecule has 2 aromatic carbocycles. The van der Waals surface area contributed by atoms with Crippen molar-refractivity contribution < 1.29 is 19.4 Å². The Labute approximate surface area is 154 Å². The van der Waals surface area contributed by atoms with E-state index >= 15 is 0 Å². The number of halogens is 1. The van der Waals surface area contributed by atoms with E-state index in [0.717, 1.165) is 5.56 Å². The summed E-state index contributed by atoms with van der Waals surface area (Å²) in [5, 5.41) is 9.46. The predicted octanol–water partition coefficient (Wildman–Crippen LogP) is 3.52. The molecule has 0 fully saturated rings. The lowest BCUT2D eigenvalue weighted by Crippen LogP contribution is -2.27. The van der Waals surface area contributed by atoms with Crippen molar-refractivity contribution in [3.63, 3.8) is 0 Å².